The second-order valence-electron chi connectivity index (χ2n) is 4.43. The second-order valence-corrected chi connectivity index (χ2v) is 5.57. The van der Waals surface area contributed by atoms with Crippen LogP contribution < -0.4 is 0 Å². The van der Waals surface area contributed by atoms with Gasteiger partial charge in [-0.05, 0) is 55.1 Å². The molecule has 0 bridgehead atoms. The van der Waals surface area contributed by atoms with Crippen LogP contribution >= 0.6 is 11.8 Å². The fourth-order valence-corrected chi connectivity index (χ4v) is 2.64. The number of thioether (sulfide) groups is 1. The zero-order valence-electron chi connectivity index (χ0n) is 10.2. The van der Waals surface area contributed by atoms with Crippen LogP contribution in [0.2, 0.25) is 0 Å². The molecule has 0 amide bonds. The zero-order valence-corrected chi connectivity index (χ0v) is 11.0. The lowest BCUT2D eigenvalue weighted by molar-refractivity contribution is -0.0328. The lowest BCUT2D eigenvalue weighted by atomic mass is 10.0. The Morgan fingerprint density at radius 3 is 2.56 bits per heavy atom. The highest BCUT2D eigenvalue weighted by Crippen LogP contribution is 2.38. The van der Waals surface area contributed by atoms with Gasteiger partial charge in [0.05, 0.1) is 0 Å². The van der Waals surface area contributed by atoms with Crippen molar-refractivity contribution in [1.29, 1.82) is 0 Å². The summed E-state index contributed by atoms with van der Waals surface area (Å²) in [6.45, 7) is 2.11. The average Bonchev–Trinajstić information content (AvgIpc) is 3.08. The van der Waals surface area contributed by atoms with Crippen molar-refractivity contribution in [1.82, 2.24) is 0 Å². The van der Waals surface area contributed by atoms with E-state index in [4.69, 9.17) is 0 Å². The molecule has 0 radical (unpaired) electrons. The molecule has 1 aromatic rings. The van der Waals surface area contributed by atoms with Gasteiger partial charge in [0, 0.05) is 4.90 Å². The van der Waals surface area contributed by atoms with Crippen LogP contribution in [0.15, 0.2) is 40.3 Å². The van der Waals surface area contributed by atoms with Gasteiger partial charge < -0.3 is 0 Å². The lowest BCUT2D eigenvalue weighted by Crippen LogP contribution is -1.99. The van der Waals surface area contributed by atoms with Gasteiger partial charge in [-0.25, -0.2) is 0 Å². The summed E-state index contributed by atoms with van der Waals surface area (Å²) in [5.74, 6) is 0. The first-order valence-corrected chi connectivity index (χ1v) is 6.84. The number of alkyl halides is 3. The van der Waals surface area contributed by atoms with Gasteiger partial charge >= 0.3 is 5.51 Å². The van der Waals surface area contributed by atoms with Crippen LogP contribution in [0.5, 0.6) is 0 Å². The van der Waals surface area contributed by atoms with Crippen LogP contribution in [0.1, 0.15) is 31.7 Å². The van der Waals surface area contributed by atoms with Crippen molar-refractivity contribution < 1.29 is 13.2 Å². The smallest absolute Gasteiger partial charge is 0.160 e. The van der Waals surface area contributed by atoms with E-state index in [-0.39, 0.29) is 16.7 Å². The molecule has 1 aliphatic rings. The van der Waals surface area contributed by atoms with Crippen molar-refractivity contribution in [2.45, 2.75) is 43.0 Å². The third-order valence-electron chi connectivity index (χ3n) is 2.98. The highest BCUT2D eigenvalue weighted by molar-refractivity contribution is 8.00. The minimum atomic E-state index is -4.21. The van der Waals surface area contributed by atoms with Crippen LogP contribution in [0.25, 0.3) is 0 Å². The molecule has 0 nitrogen and oxygen atoms in total. The molecule has 0 aliphatic heterocycles. The average molecular weight is 272 g/mol. The Morgan fingerprint density at radius 1 is 1.28 bits per heavy atom. The molecule has 0 N–H and O–H groups in total. The number of allylic oxidation sites excluding steroid dienone is 2. The summed E-state index contributed by atoms with van der Waals surface area (Å²) >= 11 is -0.0424. The monoisotopic (exact) mass is 272 g/mol. The predicted octanol–water partition coefficient (Wildman–Crippen LogP) is 5.34. The summed E-state index contributed by atoms with van der Waals surface area (Å²) in [6, 6.07) is 6.77. The predicted molar refractivity (Wildman–Crippen MR) is 68.6 cm³/mol. The van der Waals surface area contributed by atoms with Gasteiger partial charge in [-0.2, -0.15) is 13.2 Å². The van der Waals surface area contributed by atoms with Crippen LogP contribution in [0.4, 0.5) is 13.2 Å². The largest absolute Gasteiger partial charge is 0.446 e. The molecule has 98 valence electrons. The van der Waals surface area contributed by atoms with Crippen molar-refractivity contribution in [3.8, 4) is 0 Å². The van der Waals surface area contributed by atoms with E-state index in [1.54, 1.807) is 12.1 Å². The molecule has 0 aromatic heterocycles. The van der Waals surface area contributed by atoms with Gasteiger partial charge in [0.15, 0.2) is 0 Å². The van der Waals surface area contributed by atoms with E-state index in [0.717, 1.165) is 18.4 Å². The lowest BCUT2D eigenvalue weighted by Gasteiger charge is -2.09. The van der Waals surface area contributed by atoms with Crippen molar-refractivity contribution in [3.63, 3.8) is 0 Å². The summed E-state index contributed by atoms with van der Waals surface area (Å²) < 4.78 is 36.9. The van der Waals surface area contributed by atoms with E-state index in [9.17, 15) is 13.2 Å². The molecule has 2 rings (SSSR count). The molecule has 0 saturated heterocycles. The number of halogens is 3. The van der Waals surface area contributed by atoms with Crippen LogP contribution in [0.3, 0.4) is 0 Å². The van der Waals surface area contributed by atoms with E-state index in [2.05, 4.69) is 6.92 Å². The Morgan fingerprint density at radius 2 is 2.00 bits per heavy atom. The molecule has 0 unspecified atom stereocenters. The highest BCUT2D eigenvalue weighted by Gasteiger charge is 2.29. The molecule has 0 heterocycles. The maximum absolute atomic E-state index is 12.3. The Hall–Kier alpha value is -0.900. The van der Waals surface area contributed by atoms with Crippen molar-refractivity contribution in [3.05, 3.63) is 41.0 Å². The molecule has 1 saturated carbocycles. The van der Waals surface area contributed by atoms with Crippen LogP contribution in [0, 0.1) is 0 Å². The summed E-state index contributed by atoms with van der Waals surface area (Å²) in [5, 5.41) is 0. The molecule has 0 atom stereocenters. The van der Waals surface area contributed by atoms with Gasteiger partial charge in [-0.3, -0.25) is 0 Å². The molecular weight excluding hydrogens is 257 g/mol. The number of hydrogen-bond donors (Lipinski definition) is 0. The van der Waals surface area contributed by atoms with Crippen LogP contribution in [-0.2, 0) is 6.42 Å². The van der Waals surface area contributed by atoms with Crippen molar-refractivity contribution >= 4 is 11.8 Å². The first-order valence-electron chi connectivity index (χ1n) is 6.02. The SMILES string of the molecule is CCC(Cc1cccc(SC(F)(F)F)c1)=C1CC1. The standard InChI is InChI=1S/C14H15F3S/c1-2-11(12-6-7-12)8-10-4-3-5-13(9-10)18-14(15,16)17/h3-5,9H,2,6-8H2,1H3. The molecule has 1 aromatic carbocycles. The molecule has 4 heteroatoms. The summed E-state index contributed by atoms with van der Waals surface area (Å²) in [6.07, 6.45) is 4.12. The molecule has 0 spiro atoms. The maximum atomic E-state index is 12.3. The van der Waals surface area contributed by atoms with Crippen molar-refractivity contribution in [2.75, 3.05) is 0 Å². The molecular formula is C14H15F3S. The minimum absolute atomic E-state index is 0.0424. The fraction of sp³-hybridized carbons (Fsp3) is 0.429. The summed E-state index contributed by atoms with van der Waals surface area (Å²) in [7, 11) is 0. The number of benzene rings is 1. The highest BCUT2D eigenvalue weighted by atomic mass is 32.2. The number of hydrogen-bond acceptors (Lipinski definition) is 1. The first kappa shape index (κ1) is 13.5. The first-order chi connectivity index (χ1) is 8.48. The minimum Gasteiger partial charge on any atom is -0.160 e. The summed E-state index contributed by atoms with van der Waals surface area (Å²) in [4.78, 5) is 0.274. The third-order valence-corrected chi connectivity index (χ3v) is 3.70. The van der Waals surface area contributed by atoms with E-state index in [0.29, 0.717) is 0 Å². The zero-order chi connectivity index (χ0) is 13.2. The molecule has 1 aliphatic carbocycles. The Balaban J connectivity index is 2.10. The maximum Gasteiger partial charge on any atom is 0.446 e. The Bertz CT molecular complexity index is 454. The number of rotatable bonds is 4. The molecule has 18 heavy (non-hydrogen) atoms. The topological polar surface area (TPSA) is 0 Å². The fourth-order valence-electron chi connectivity index (χ4n) is 2.02. The third kappa shape index (κ3) is 4.09. The Kier molecular flexibility index (Phi) is 4.05. The van der Waals surface area contributed by atoms with Crippen molar-refractivity contribution in [2.24, 2.45) is 0 Å². The van der Waals surface area contributed by atoms with Gasteiger partial charge in [-0.1, -0.05) is 30.2 Å². The van der Waals surface area contributed by atoms with Gasteiger partial charge in [0.2, 0.25) is 0 Å². The van der Waals surface area contributed by atoms with E-state index >= 15 is 0 Å². The Labute approximate surface area is 109 Å². The normalized spacial score (nSPS) is 14.8. The van der Waals surface area contributed by atoms with Gasteiger partial charge in [0.25, 0.3) is 0 Å². The van der Waals surface area contributed by atoms with E-state index < -0.39 is 5.51 Å². The molecule has 1 fully saturated rings. The van der Waals surface area contributed by atoms with Gasteiger partial charge in [-0.15, -0.1) is 0 Å². The van der Waals surface area contributed by atoms with E-state index in [1.807, 2.05) is 6.07 Å². The van der Waals surface area contributed by atoms with Crippen LogP contribution in [-0.4, -0.2) is 5.51 Å². The second kappa shape index (κ2) is 5.39. The van der Waals surface area contributed by atoms with E-state index in [1.165, 1.54) is 30.1 Å². The quantitative estimate of drug-likeness (QED) is 0.526. The summed E-state index contributed by atoms with van der Waals surface area (Å²) in [5.41, 5.74) is -0.350. The van der Waals surface area contributed by atoms with Gasteiger partial charge in [0.1, 0.15) is 0 Å².